The first-order chi connectivity index (χ1) is 7.65. The van der Waals surface area contributed by atoms with Crippen LogP contribution < -0.4 is 29.6 Å². The van der Waals surface area contributed by atoms with Crippen molar-refractivity contribution in [3.63, 3.8) is 0 Å². The van der Waals surface area contributed by atoms with Crippen LogP contribution in [0, 0.1) is 0 Å². The molecule has 0 aliphatic heterocycles. The van der Waals surface area contributed by atoms with Gasteiger partial charge in [0.05, 0.1) is 30.5 Å². The molecular weight excluding hydrogens is 376 g/mol. The molecule has 0 aromatic heterocycles. The van der Waals surface area contributed by atoms with E-state index < -0.39 is 10.1 Å². The van der Waals surface area contributed by atoms with E-state index in [2.05, 4.69) is 0 Å². The largest absolute Gasteiger partial charge is 1.00 e. The molecule has 1 N–H and O–H groups in total. The molecule has 1 aromatic rings. The Balaban J connectivity index is 0. The van der Waals surface area contributed by atoms with Crippen LogP contribution >= 0.6 is 58.0 Å². The molecule has 0 saturated carbocycles. The number of hydrogen-bond acceptors (Lipinski definition) is 2. The van der Waals surface area contributed by atoms with Crippen LogP contribution in [0.3, 0.4) is 0 Å². The minimum Gasteiger partial charge on any atom is -1.00 e. The third-order valence-corrected chi connectivity index (χ3v) is 4.44. The van der Waals surface area contributed by atoms with Crippen LogP contribution in [0.25, 0.3) is 6.08 Å². The fourth-order valence-corrected chi connectivity index (χ4v) is 2.51. The molecule has 0 amide bonds. The second kappa shape index (κ2) is 7.36. The molecule has 0 atom stereocenters. The van der Waals surface area contributed by atoms with Gasteiger partial charge in [0.2, 0.25) is 0 Å². The fraction of sp³-hybridized carbons (Fsp3) is 0. The average Bonchev–Trinajstić information content (AvgIpc) is 2.22. The predicted octanol–water partition coefficient (Wildman–Crippen LogP) is 1.93. The summed E-state index contributed by atoms with van der Waals surface area (Å²) >= 11 is 28.9. The first-order valence-corrected chi connectivity index (χ1v) is 7.21. The minimum atomic E-state index is -4.31. The van der Waals surface area contributed by atoms with Gasteiger partial charge < -0.3 is 1.43 Å². The third-order valence-electron chi connectivity index (χ3n) is 1.65. The maximum atomic E-state index is 10.6. The molecule has 0 spiro atoms. The maximum absolute atomic E-state index is 10.6. The van der Waals surface area contributed by atoms with Crippen LogP contribution in [0.5, 0.6) is 0 Å². The van der Waals surface area contributed by atoms with Crippen molar-refractivity contribution in [1.82, 2.24) is 0 Å². The summed E-state index contributed by atoms with van der Waals surface area (Å²) in [5, 5.41) is 0.223. The molecule has 0 bridgehead atoms. The predicted molar refractivity (Wildman–Crippen MR) is 73.2 cm³/mol. The molecular formula is C8H4Cl5NaO3S. The zero-order valence-corrected chi connectivity index (χ0v) is 15.3. The Morgan fingerprint density at radius 3 is 1.56 bits per heavy atom. The van der Waals surface area contributed by atoms with Gasteiger partial charge in [-0.15, -0.1) is 0 Å². The molecule has 18 heavy (non-hydrogen) atoms. The van der Waals surface area contributed by atoms with Crippen molar-refractivity contribution in [2.24, 2.45) is 0 Å². The Bertz CT molecular complexity index is 576. The van der Waals surface area contributed by atoms with Gasteiger partial charge in [-0.2, -0.15) is 8.42 Å². The van der Waals surface area contributed by atoms with Gasteiger partial charge >= 0.3 is 29.6 Å². The summed E-state index contributed by atoms with van der Waals surface area (Å²) in [5.74, 6) is 0. The molecule has 0 fully saturated rings. The quantitative estimate of drug-likeness (QED) is 0.369. The van der Waals surface area contributed by atoms with Crippen molar-refractivity contribution >= 4 is 74.2 Å². The van der Waals surface area contributed by atoms with Crippen molar-refractivity contribution in [3.05, 3.63) is 36.1 Å². The molecule has 0 heterocycles. The van der Waals surface area contributed by atoms with Gasteiger partial charge in [0.25, 0.3) is 10.1 Å². The zero-order valence-electron chi connectivity index (χ0n) is 9.72. The summed E-state index contributed by atoms with van der Waals surface area (Å²) in [5.41, 5.74) is 0.0466. The van der Waals surface area contributed by atoms with Gasteiger partial charge in [-0.1, -0.05) is 58.0 Å². The Kier molecular flexibility index (Phi) is 7.90. The van der Waals surface area contributed by atoms with E-state index in [1.807, 2.05) is 0 Å². The van der Waals surface area contributed by atoms with Crippen molar-refractivity contribution in [1.29, 1.82) is 0 Å². The average molecular weight is 380 g/mol. The molecule has 1 aromatic carbocycles. The van der Waals surface area contributed by atoms with E-state index in [1.54, 1.807) is 0 Å². The number of hydrogen-bond donors (Lipinski definition) is 1. The zero-order chi connectivity index (χ0) is 13.4. The Labute approximate surface area is 153 Å². The summed E-state index contributed by atoms with van der Waals surface area (Å²) in [7, 11) is -4.31. The first kappa shape index (κ1) is 19.3. The van der Waals surface area contributed by atoms with Gasteiger partial charge in [-0.25, -0.2) is 0 Å². The molecule has 96 valence electrons. The van der Waals surface area contributed by atoms with Crippen LogP contribution in [-0.2, 0) is 10.1 Å². The molecule has 0 saturated heterocycles. The molecule has 0 aliphatic rings. The van der Waals surface area contributed by atoms with E-state index in [0.717, 1.165) is 6.08 Å². The van der Waals surface area contributed by atoms with Crippen molar-refractivity contribution in [3.8, 4) is 0 Å². The Morgan fingerprint density at radius 1 is 0.889 bits per heavy atom. The number of benzene rings is 1. The summed E-state index contributed by atoms with van der Waals surface area (Å²) in [6.07, 6.45) is 0.966. The molecule has 10 heteroatoms. The van der Waals surface area contributed by atoms with Gasteiger partial charge in [0.1, 0.15) is 0 Å². The minimum absolute atomic E-state index is 0. The van der Waals surface area contributed by atoms with Crippen LogP contribution in [0.1, 0.15) is 6.99 Å². The van der Waals surface area contributed by atoms with E-state index in [0.29, 0.717) is 5.41 Å². The third kappa shape index (κ3) is 4.70. The van der Waals surface area contributed by atoms with E-state index in [9.17, 15) is 8.42 Å². The SMILES string of the molecule is O=S(=O)(O)C=Cc1c(Cl)c(Cl)c(Cl)c(Cl)c1Cl.[H-].[Na+]. The molecule has 0 radical (unpaired) electrons. The van der Waals surface area contributed by atoms with Crippen LogP contribution in [0.4, 0.5) is 0 Å². The van der Waals surface area contributed by atoms with Crippen LogP contribution in [-0.4, -0.2) is 13.0 Å². The van der Waals surface area contributed by atoms with Crippen LogP contribution in [0.2, 0.25) is 25.1 Å². The Morgan fingerprint density at radius 2 is 1.22 bits per heavy atom. The Hall–Kier alpha value is 1.32. The topological polar surface area (TPSA) is 54.4 Å². The monoisotopic (exact) mass is 378 g/mol. The second-order valence-electron chi connectivity index (χ2n) is 2.80. The first-order valence-electron chi connectivity index (χ1n) is 3.82. The van der Waals surface area contributed by atoms with Gasteiger partial charge in [-0.05, 0) is 6.08 Å². The smallest absolute Gasteiger partial charge is 1.00 e. The second-order valence-corrected chi connectivity index (χ2v) is 5.99. The number of rotatable bonds is 2. The van der Waals surface area contributed by atoms with Gasteiger partial charge in [0, 0.05) is 5.56 Å². The fourth-order valence-electron chi connectivity index (χ4n) is 0.922. The molecule has 1 rings (SSSR count). The van der Waals surface area contributed by atoms with E-state index >= 15 is 0 Å². The summed E-state index contributed by atoms with van der Waals surface area (Å²) in [6, 6.07) is 0. The standard InChI is InChI=1S/C8H3Cl5O3S.Na.H/c9-4-3(1-2-17(14,15)16)5(10)7(12)8(13)6(4)11;;/h1-2H,(H,14,15,16);;/q;+1;-1. The van der Waals surface area contributed by atoms with E-state index in [1.165, 1.54) is 0 Å². The maximum Gasteiger partial charge on any atom is 1.00 e. The van der Waals surface area contributed by atoms with Crippen molar-refractivity contribution in [2.75, 3.05) is 0 Å². The molecule has 0 aliphatic carbocycles. The number of halogens is 5. The van der Waals surface area contributed by atoms with E-state index in [4.69, 9.17) is 62.6 Å². The summed E-state index contributed by atoms with van der Waals surface area (Å²) in [6.45, 7) is 0. The summed E-state index contributed by atoms with van der Waals surface area (Å²) in [4.78, 5) is 0. The van der Waals surface area contributed by atoms with Crippen molar-refractivity contribution < 1.29 is 44.0 Å². The molecule has 3 nitrogen and oxygen atoms in total. The van der Waals surface area contributed by atoms with Crippen molar-refractivity contribution in [2.45, 2.75) is 0 Å². The normalized spacial score (nSPS) is 11.7. The van der Waals surface area contributed by atoms with E-state index in [-0.39, 0.29) is 61.7 Å². The van der Waals surface area contributed by atoms with Crippen LogP contribution in [0.15, 0.2) is 5.41 Å². The summed E-state index contributed by atoms with van der Waals surface area (Å²) < 4.78 is 29.7. The van der Waals surface area contributed by atoms with Gasteiger partial charge in [-0.3, -0.25) is 4.55 Å². The molecule has 0 unspecified atom stereocenters. The van der Waals surface area contributed by atoms with Gasteiger partial charge in [0.15, 0.2) is 0 Å².